The second kappa shape index (κ2) is 9.47. The average Bonchev–Trinajstić information content (AvgIpc) is 3.35. The van der Waals surface area contributed by atoms with Crippen LogP contribution in [0.1, 0.15) is 10.5 Å². The molecule has 4 heterocycles. The highest BCUT2D eigenvalue weighted by Crippen LogP contribution is 2.34. The lowest BCUT2D eigenvalue weighted by Crippen LogP contribution is -2.37. The van der Waals surface area contributed by atoms with Crippen molar-refractivity contribution in [2.24, 2.45) is 0 Å². The highest BCUT2D eigenvalue weighted by Gasteiger charge is 2.24. The van der Waals surface area contributed by atoms with Crippen molar-refractivity contribution in [3.05, 3.63) is 42.2 Å². The predicted octanol–water partition coefficient (Wildman–Crippen LogP) is 2.71. The average molecular weight is 476 g/mol. The zero-order valence-electron chi connectivity index (χ0n) is 20.2. The number of anilines is 2. The molecule has 0 unspecified atom stereocenters. The molecule has 1 aliphatic rings. The molecule has 1 aliphatic heterocycles. The summed E-state index contributed by atoms with van der Waals surface area (Å²) in [4.78, 5) is 36.0. The van der Waals surface area contributed by atoms with Crippen LogP contribution < -0.4 is 9.80 Å². The molecule has 1 fully saturated rings. The molecule has 3 aromatic heterocycles. The van der Waals surface area contributed by atoms with E-state index in [4.69, 9.17) is 14.7 Å². The van der Waals surface area contributed by atoms with Gasteiger partial charge in [0.2, 0.25) is 5.95 Å². The summed E-state index contributed by atoms with van der Waals surface area (Å²) in [5.41, 5.74) is 4.07. The summed E-state index contributed by atoms with van der Waals surface area (Å²) in [5, 5.41) is 11.0. The molecule has 0 spiro atoms. The molecule has 0 bridgehead atoms. The topological polar surface area (TPSA) is 111 Å². The first kappa shape index (κ1) is 23.0. The van der Waals surface area contributed by atoms with E-state index < -0.39 is 5.97 Å². The van der Waals surface area contributed by atoms with Gasteiger partial charge in [-0.2, -0.15) is 0 Å². The van der Waals surface area contributed by atoms with Crippen LogP contribution >= 0.6 is 0 Å². The van der Waals surface area contributed by atoms with Gasteiger partial charge in [-0.05, 0) is 32.3 Å². The largest absolute Gasteiger partial charge is 0.476 e. The van der Waals surface area contributed by atoms with E-state index in [0.717, 1.165) is 23.0 Å². The van der Waals surface area contributed by atoms with E-state index in [2.05, 4.69) is 19.8 Å². The number of carboxylic acid groups (broad SMARTS) is 1. The summed E-state index contributed by atoms with van der Waals surface area (Å²) in [6.45, 7) is 4.03. The van der Waals surface area contributed by atoms with E-state index in [9.17, 15) is 9.90 Å². The summed E-state index contributed by atoms with van der Waals surface area (Å²) in [6.07, 6.45) is 1.88. The fraction of sp³-hybridized carbons (Fsp3) is 0.360. The molecule has 0 atom stereocenters. The number of aromatic carboxylic acids is 1. The maximum atomic E-state index is 12.3. The lowest BCUT2D eigenvalue weighted by molar-refractivity contribution is 0.0691. The van der Waals surface area contributed by atoms with Crippen LogP contribution in [0.15, 0.2) is 36.5 Å². The first-order chi connectivity index (χ1) is 16.9. The van der Waals surface area contributed by atoms with Gasteiger partial charge in [-0.25, -0.2) is 19.7 Å². The SMILES string of the molecule is CN(C)CCN(C)c1cc2nc(N3CCOCC3)nc(-c3cccc4[nH]ccc34)c2nc1C(=O)O. The summed E-state index contributed by atoms with van der Waals surface area (Å²) in [6, 6.07) is 9.76. The molecule has 2 N–H and O–H groups in total. The quantitative estimate of drug-likeness (QED) is 0.417. The number of nitrogens with one attached hydrogen (secondary N) is 1. The molecule has 1 aromatic carbocycles. The van der Waals surface area contributed by atoms with Crippen molar-refractivity contribution in [2.45, 2.75) is 0 Å². The van der Waals surface area contributed by atoms with Crippen molar-refractivity contribution in [1.29, 1.82) is 0 Å². The zero-order chi connectivity index (χ0) is 24.5. The van der Waals surface area contributed by atoms with Crippen LogP contribution in [0.25, 0.3) is 33.2 Å². The van der Waals surface area contributed by atoms with Gasteiger partial charge in [-0.3, -0.25) is 0 Å². The number of hydrogen-bond acceptors (Lipinski definition) is 8. The normalized spacial score (nSPS) is 14.2. The van der Waals surface area contributed by atoms with Crippen LogP contribution in [0.4, 0.5) is 11.6 Å². The maximum absolute atomic E-state index is 12.3. The lowest BCUT2D eigenvalue weighted by Gasteiger charge is -2.28. The third kappa shape index (κ3) is 4.50. The minimum Gasteiger partial charge on any atom is -0.476 e. The Hall–Kier alpha value is -3.76. The fourth-order valence-electron chi connectivity index (χ4n) is 4.34. The number of pyridine rings is 1. The molecule has 0 amide bonds. The number of benzene rings is 1. The van der Waals surface area contributed by atoms with Crippen molar-refractivity contribution in [3.63, 3.8) is 0 Å². The Morgan fingerprint density at radius 2 is 1.91 bits per heavy atom. The van der Waals surface area contributed by atoms with Gasteiger partial charge in [-0.15, -0.1) is 0 Å². The number of nitrogens with zero attached hydrogens (tertiary/aromatic N) is 6. The van der Waals surface area contributed by atoms with Gasteiger partial charge in [0.05, 0.1) is 24.4 Å². The molecular weight excluding hydrogens is 446 g/mol. The highest BCUT2D eigenvalue weighted by molar-refractivity contribution is 6.04. The molecule has 10 nitrogen and oxygen atoms in total. The van der Waals surface area contributed by atoms with Crippen LogP contribution in [-0.4, -0.2) is 96.4 Å². The minimum absolute atomic E-state index is 0.0102. The Labute approximate surface area is 203 Å². The smallest absolute Gasteiger partial charge is 0.356 e. The number of rotatable bonds is 7. The highest BCUT2D eigenvalue weighted by atomic mass is 16.5. The number of aromatic nitrogens is 4. The number of morpholine rings is 1. The third-order valence-electron chi connectivity index (χ3n) is 6.28. The summed E-state index contributed by atoms with van der Waals surface area (Å²) >= 11 is 0. The van der Waals surface area contributed by atoms with Crippen molar-refractivity contribution < 1.29 is 14.6 Å². The predicted molar refractivity (Wildman–Crippen MR) is 136 cm³/mol. The molecule has 0 aliphatic carbocycles. The van der Waals surface area contributed by atoms with E-state index >= 15 is 0 Å². The Bertz CT molecular complexity index is 1380. The van der Waals surface area contributed by atoms with Crippen LogP contribution in [0.3, 0.4) is 0 Å². The number of carboxylic acids is 1. The standard InChI is InChI=1S/C25H29N7O3/c1-30(2)9-10-31(3)20-15-19-22(28-23(20)24(33)34)21(17-5-4-6-18-16(17)7-8-26-18)29-25(27-19)32-11-13-35-14-12-32/h4-8,15,26H,9-14H2,1-3H3,(H,33,34). The van der Waals surface area contributed by atoms with E-state index in [0.29, 0.717) is 61.2 Å². The molecule has 1 saturated heterocycles. The van der Waals surface area contributed by atoms with Crippen molar-refractivity contribution >= 4 is 39.5 Å². The van der Waals surface area contributed by atoms with E-state index in [-0.39, 0.29) is 5.69 Å². The van der Waals surface area contributed by atoms with Gasteiger partial charge in [0.25, 0.3) is 0 Å². The van der Waals surface area contributed by atoms with Crippen molar-refractivity contribution in [3.8, 4) is 11.3 Å². The first-order valence-electron chi connectivity index (χ1n) is 11.6. The Balaban J connectivity index is 1.74. The third-order valence-corrected chi connectivity index (χ3v) is 6.28. The first-order valence-corrected chi connectivity index (χ1v) is 11.6. The second-order valence-electron chi connectivity index (χ2n) is 8.97. The number of likely N-dealkylation sites (N-methyl/N-ethyl adjacent to an activating group) is 2. The second-order valence-corrected chi connectivity index (χ2v) is 8.97. The van der Waals surface area contributed by atoms with E-state index in [1.165, 1.54) is 0 Å². The van der Waals surface area contributed by atoms with Gasteiger partial charge in [0, 0.05) is 55.9 Å². The summed E-state index contributed by atoms with van der Waals surface area (Å²) in [5.74, 6) is -0.489. The van der Waals surface area contributed by atoms with Crippen LogP contribution in [0.5, 0.6) is 0 Å². The van der Waals surface area contributed by atoms with E-state index in [1.54, 1.807) is 0 Å². The molecule has 35 heavy (non-hydrogen) atoms. The molecule has 0 radical (unpaired) electrons. The van der Waals surface area contributed by atoms with Crippen LogP contribution in [0, 0.1) is 0 Å². The fourth-order valence-corrected chi connectivity index (χ4v) is 4.34. The number of hydrogen-bond donors (Lipinski definition) is 2. The number of H-pyrrole nitrogens is 1. The van der Waals surface area contributed by atoms with Gasteiger partial charge in [0.1, 0.15) is 11.2 Å². The number of ether oxygens (including phenoxy) is 1. The molecule has 4 aromatic rings. The molecule has 182 valence electrons. The number of aromatic amines is 1. The summed E-state index contributed by atoms with van der Waals surface area (Å²) in [7, 11) is 5.85. The van der Waals surface area contributed by atoms with Gasteiger partial charge < -0.3 is 29.5 Å². The minimum atomic E-state index is -1.08. The summed E-state index contributed by atoms with van der Waals surface area (Å²) < 4.78 is 5.52. The Kier molecular flexibility index (Phi) is 6.23. The zero-order valence-corrected chi connectivity index (χ0v) is 20.2. The van der Waals surface area contributed by atoms with Gasteiger partial charge >= 0.3 is 5.97 Å². The molecule has 5 rings (SSSR count). The number of carbonyl (C=O) groups is 1. The monoisotopic (exact) mass is 475 g/mol. The number of fused-ring (bicyclic) bond motifs is 2. The van der Waals surface area contributed by atoms with Crippen molar-refractivity contribution in [2.75, 3.05) is 70.3 Å². The van der Waals surface area contributed by atoms with E-state index in [1.807, 2.05) is 62.6 Å². The molecule has 10 heteroatoms. The van der Waals surface area contributed by atoms with Gasteiger partial charge in [-0.1, -0.05) is 12.1 Å². The lowest BCUT2D eigenvalue weighted by atomic mass is 10.0. The Morgan fingerprint density at radius 1 is 1.11 bits per heavy atom. The van der Waals surface area contributed by atoms with Crippen LogP contribution in [0.2, 0.25) is 0 Å². The van der Waals surface area contributed by atoms with Crippen LogP contribution in [-0.2, 0) is 4.74 Å². The maximum Gasteiger partial charge on any atom is 0.356 e. The molecule has 0 saturated carbocycles. The van der Waals surface area contributed by atoms with Gasteiger partial charge in [0.15, 0.2) is 5.69 Å². The molecular formula is C25H29N7O3. The Morgan fingerprint density at radius 3 is 2.66 bits per heavy atom. The van der Waals surface area contributed by atoms with Crippen molar-refractivity contribution in [1.82, 2.24) is 24.8 Å².